The molecule has 0 atom stereocenters. The van der Waals surface area contributed by atoms with Crippen LogP contribution >= 0.6 is 0 Å². The van der Waals surface area contributed by atoms with Crippen molar-refractivity contribution in [2.75, 3.05) is 17.2 Å². The van der Waals surface area contributed by atoms with Crippen LogP contribution in [0.25, 0.3) is 0 Å². The molecule has 6 N–H and O–H groups in total. The summed E-state index contributed by atoms with van der Waals surface area (Å²) in [5, 5.41) is 0. The summed E-state index contributed by atoms with van der Waals surface area (Å²) in [6.07, 6.45) is 0.718. The Morgan fingerprint density at radius 2 is 1.59 bits per heavy atom. The van der Waals surface area contributed by atoms with Gasteiger partial charge in [-0.15, -0.1) is 0 Å². The van der Waals surface area contributed by atoms with E-state index in [-0.39, 0.29) is 0 Å². The first kappa shape index (κ1) is 11.3. The van der Waals surface area contributed by atoms with Gasteiger partial charge in [-0.25, -0.2) is 0 Å². The molecule has 0 fully saturated rings. The van der Waals surface area contributed by atoms with Gasteiger partial charge in [0, 0.05) is 29.0 Å². The minimum atomic E-state index is 0.718. The molecule has 0 spiro atoms. The Balaban J connectivity index is 2.41. The van der Waals surface area contributed by atoms with Crippen molar-refractivity contribution in [3.05, 3.63) is 53.1 Å². The third-order valence-electron chi connectivity index (χ3n) is 2.99. The summed E-state index contributed by atoms with van der Waals surface area (Å²) in [6.45, 7) is 2.06. The van der Waals surface area contributed by atoms with E-state index in [1.807, 2.05) is 36.4 Å². The Morgan fingerprint density at radius 1 is 0.941 bits per heavy atom. The lowest BCUT2D eigenvalue weighted by molar-refractivity contribution is 1.16. The lowest BCUT2D eigenvalue weighted by atomic mass is 9.98. The molecule has 0 aliphatic carbocycles. The van der Waals surface area contributed by atoms with Crippen molar-refractivity contribution in [1.29, 1.82) is 0 Å². The Bertz CT molecular complexity index is 527. The summed E-state index contributed by atoms with van der Waals surface area (Å²) >= 11 is 0. The van der Waals surface area contributed by atoms with Gasteiger partial charge in [-0.3, -0.25) is 0 Å². The number of benzene rings is 2. The van der Waals surface area contributed by atoms with Gasteiger partial charge in [-0.1, -0.05) is 12.1 Å². The van der Waals surface area contributed by atoms with E-state index in [1.165, 1.54) is 5.56 Å². The highest BCUT2D eigenvalue weighted by Gasteiger charge is 2.07. The lowest BCUT2D eigenvalue weighted by Gasteiger charge is -2.11. The van der Waals surface area contributed by atoms with Gasteiger partial charge in [0.15, 0.2) is 0 Å². The van der Waals surface area contributed by atoms with Crippen LogP contribution in [0.4, 0.5) is 17.1 Å². The predicted molar refractivity (Wildman–Crippen MR) is 73.7 cm³/mol. The molecule has 0 aromatic heterocycles. The number of anilines is 3. The van der Waals surface area contributed by atoms with E-state index < -0.39 is 0 Å². The molecular formula is C14H17N3. The van der Waals surface area contributed by atoms with E-state index in [0.29, 0.717) is 0 Å². The molecule has 17 heavy (non-hydrogen) atoms. The second kappa shape index (κ2) is 4.37. The maximum atomic E-state index is 5.95. The van der Waals surface area contributed by atoms with E-state index in [4.69, 9.17) is 17.2 Å². The number of aryl methyl sites for hydroxylation is 1. The molecule has 2 aromatic rings. The van der Waals surface area contributed by atoms with Crippen molar-refractivity contribution in [2.45, 2.75) is 13.3 Å². The average molecular weight is 227 g/mol. The zero-order chi connectivity index (χ0) is 12.4. The Hall–Kier alpha value is -2.16. The van der Waals surface area contributed by atoms with Crippen LogP contribution in [-0.4, -0.2) is 0 Å². The maximum Gasteiger partial charge on any atom is 0.0370 e. The fraction of sp³-hybridized carbons (Fsp3) is 0.143. The van der Waals surface area contributed by atoms with E-state index in [9.17, 15) is 0 Å². The summed E-state index contributed by atoms with van der Waals surface area (Å²) in [6, 6.07) is 11.5. The lowest BCUT2D eigenvalue weighted by Crippen LogP contribution is -2.02. The van der Waals surface area contributed by atoms with Crippen molar-refractivity contribution >= 4 is 17.1 Å². The zero-order valence-electron chi connectivity index (χ0n) is 9.90. The molecule has 2 rings (SSSR count). The first-order valence-electron chi connectivity index (χ1n) is 5.56. The molecular weight excluding hydrogens is 210 g/mol. The molecule has 0 bridgehead atoms. The van der Waals surface area contributed by atoms with E-state index in [2.05, 4.69) is 6.92 Å². The first-order chi connectivity index (χ1) is 8.08. The second-order valence-corrected chi connectivity index (χ2v) is 4.28. The summed E-state index contributed by atoms with van der Waals surface area (Å²) in [5.41, 5.74) is 23.2. The smallest absolute Gasteiger partial charge is 0.0370 e. The molecule has 0 heterocycles. The van der Waals surface area contributed by atoms with Gasteiger partial charge >= 0.3 is 0 Å². The SMILES string of the molecule is Cc1ccc(N)cc1Cc1c(N)cccc1N. The highest BCUT2D eigenvalue weighted by atomic mass is 14.6. The molecule has 0 saturated carbocycles. The Labute approximate surface area is 101 Å². The number of hydrogen-bond acceptors (Lipinski definition) is 3. The molecule has 3 nitrogen and oxygen atoms in total. The summed E-state index contributed by atoms with van der Waals surface area (Å²) in [7, 11) is 0. The van der Waals surface area contributed by atoms with Crippen LogP contribution in [-0.2, 0) is 6.42 Å². The van der Waals surface area contributed by atoms with Crippen LogP contribution in [0.15, 0.2) is 36.4 Å². The zero-order valence-corrected chi connectivity index (χ0v) is 9.90. The van der Waals surface area contributed by atoms with Crippen LogP contribution in [0, 0.1) is 6.92 Å². The maximum absolute atomic E-state index is 5.95. The van der Waals surface area contributed by atoms with Crippen LogP contribution in [0.1, 0.15) is 16.7 Å². The van der Waals surface area contributed by atoms with Gasteiger partial charge in [-0.05, 0) is 42.3 Å². The van der Waals surface area contributed by atoms with Crippen LogP contribution in [0.3, 0.4) is 0 Å². The topological polar surface area (TPSA) is 78.1 Å². The average Bonchev–Trinajstić information content (AvgIpc) is 2.28. The summed E-state index contributed by atoms with van der Waals surface area (Å²) in [5.74, 6) is 0. The fourth-order valence-corrected chi connectivity index (χ4v) is 1.90. The van der Waals surface area contributed by atoms with Gasteiger partial charge in [0.1, 0.15) is 0 Å². The molecule has 2 aromatic carbocycles. The van der Waals surface area contributed by atoms with Crippen LogP contribution < -0.4 is 17.2 Å². The quantitative estimate of drug-likeness (QED) is 0.689. The third kappa shape index (κ3) is 2.33. The first-order valence-corrected chi connectivity index (χ1v) is 5.56. The van der Waals surface area contributed by atoms with Gasteiger partial charge in [0.05, 0.1) is 0 Å². The number of hydrogen-bond donors (Lipinski definition) is 3. The van der Waals surface area contributed by atoms with Crippen molar-refractivity contribution in [3.63, 3.8) is 0 Å². The van der Waals surface area contributed by atoms with Crippen molar-refractivity contribution in [2.24, 2.45) is 0 Å². The molecule has 3 heteroatoms. The highest BCUT2D eigenvalue weighted by molar-refractivity contribution is 5.63. The molecule has 0 aliphatic rings. The van der Waals surface area contributed by atoms with E-state index in [0.717, 1.165) is 34.6 Å². The Morgan fingerprint density at radius 3 is 2.24 bits per heavy atom. The Kier molecular flexibility index (Phi) is 2.91. The monoisotopic (exact) mass is 227 g/mol. The predicted octanol–water partition coefficient (Wildman–Crippen LogP) is 2.33. The fourth-order valence-electron chi connectivity index (χ4n) is 1.90. The molecule has 0 saturated heterocycles. The molecule has 0 unspecified atom stereocenters. The largest absolute Gasteiger partial charge is 0.399 e. The third-order valence-corrected chi connectivity index (χ3v) is 2.99. The van der Waals surface area contributed by atoms with Crippen LogP contribution in [0.2, 0.25) is 0 Å². The number of nitrogen functional groups attached to an aromatic ring is 3. The molecule has 88 valence electrons. The molecule has 0 radical (unpaired) electrons. The van der Waals surface area contributed by atoms with Gasteiger partial charge < -0.3 is 17.2 Å². The van der Waals surface area contributed by atoms with E-state index >= 15 is 0 Å². The standard InChI is InChI=1S/C14H17N3/c1-9-5-6-11(15)7-10(9)8-12-13(16)3-2-4-14(12)17/h2-7H,8,15-17H2,1H3. The minimum Gasteiger partial charge on any atom is -0.399 e. The normalized spacial score (nSPS) is 10.4. The number of rotatable bonds is 2. The second-order valence-electron chi connectivity index (χ2n) is 4.28. The number of nitrogens with two attached hydrogens (primary N) is 3. The minimum absolute atomic E-state index is 0.718. The molecule has 0 aliphatic heterocycles. The van der Waals surface area contributed by atoms with Gasteiger partial charge in [0.2, 0.25) is 0 Å². The van der Waals surface area contributed by atoms with Crippen LogP contribution in [0.5, 0.6) is 0 Å². The van der Waals surface area contributed by atoms with E-state index in [1.54, 1.807) is 0 Å². The summed E-state index contributed by atoms with van der Waals surface area (Å²) < 4.78 is 0. The summed E-state index contributed by atoms with van der Waals surface area (Å²) in [4.78, 5) is 0. The van der Waals surface area contributed by atoms with Crippen molar-refractivity contribution < 1.29 is 0 Å². The molecule has 0 amide bonds. The van der Waals surface area contributed by atoms with Gasteiger partial charge in [0.25, 0.3) is 0 Å². The van der Waals surface area contributed by atoms with Gasteiger partial charge in [-0.2, -0.15) is 0 Å². The van der Waals surface area contributed by atoms with Crippen molar-refractivity contribution in [1.82, 2.24) is 0 Å². The highest BCUT2D eigenvalue weighted by Crippen LogP contribution is 2.25. The van der Waals surface area contributed by atoms with Crippen molar-refractivity contribution in [3.8, 4) is 0 Å².